The van der Waals surface area contributed by atoms with Crippen LogP contribution in [-0.4, -0.2) is 35.7 Å². The van der Waals surface area contributed by atoms with E-state index in [9.17, 15) is 14.4 Å². The summed E-state index contributed by atoms with van der Waals surface area (Å²) in [5.74, 6) is 0.272. The molecule has 1 N–H and O–H groups in total. The first-order chi connectivity index (χ1) is 15.9. The highest BCUT2D eigenvalue weighted by atomic mass is 32.2. The highest BCUT2D eigenvalue weighted by molar-refractivity contribution is 8.00. The van der Waals surface area contributed by atoms with Crippen molar-refractivity contribution < 1.29 is 9.21 Å². The fourth-order valence-electron chi connectivity index (χ4n) is 3.26. The van der Waals surface area contributed by atoms with E-state index < -0.39 is 11.2 Å². The molecule has 5 rings (SSSR count). The number of thiazole rings is 1. The van der Waals surface area contributed by atoms with Gasteiger partial charge in [-0.15, -0.1) is 0 Å². The predicted octanol–water partition coefficient (Wildman–Crippen LogP) is 2.63. The topological polar surface area (TPSA) is 125 Å². The Hall–Kier alpha value is -3.77. The van der Waals surface area contributed by atoms with Crippen LogP contribution >= 0.6 is 23.1 Å². The van der Waals surface area contributed by atoms with E-state index in [1.807, 2.05) is 24.3 Å². The largest absolute Gasteiger partial charge is 0.461 e. The van der Waals surface area contributed by atoms with Crippen LogP contribution in [0.15, 0.2) is 61.7 Å². The number of amides is 1. The average molecular weight is 481 g/mol. The first kappa shape index (κ1) is 21.1. The number of benzene rings is 1. The molecule has 0 radical (unpaired) electrons. The van der Waals surface area contributed by atoms with Crippen molar-refractivity contribution in [2.24, 2.45) is 14.1 Å². The molecule has 33 heavy (non-hydrogen) atoms. The maximum atomic E-state index is 12.9. The lowest BCUT2D eigenvalue weighted by Gasteiger charge is -2.11. The molecule has 0 bridgehead atoms. The van der Waals surface area contributed by atoms with Crippen molar-refractivity contribution in [3.63, 3.8) is 0 Å². The molecule has 4 aromatic heterocycles. The van der Waals surface area contributed by atoms with Gasteiger partial charge in [0.15, 0.2) is 22.4 Å². The number of hydrogen-bond acceptors (Lipinski definition) is 9. The molecule has 0 saturated carbocycles. The third-order valence-corrected chi connectivity index (χ3v) is 6.82. The second-order valence-corrected chi connectivity index (χ2v) is 9.05. The van der Waals surface area contributed by atoms with Crippen LogP contribution < -0.4 is 16.6 Å². The maximum Gasteiger partial charge on any atom is 0.332 e. The minimum absolute atomic E-state index is 0.0222. The second kappa shape index (κ2) is 8.30. The molecule has 1 amide bonds. The van der Waals surface area contributed by atoms with E-state index in [2.05, 4.69) is 20.3 Å². The third-order valence-electron chi connectivity index (χ3n) is 4.89. The van der Waals surface area contributed by atoms with E-state index >= 15 is 0 Å². The molecular formula is C21H16N6O4S2. The SMILES string of the molecule is Cn1c(=O)c2c(SCC(=O)Nc3nc4ccccc4s3)nc(-c3ccco3)nc2n(C)c1=O. The zero-order valence-electron chi connectivity index (χ0n) is 17.4. The van der Waals surface area contributed by atoms with Crippen LogP contribution in [0.1, 0.15) is 0 Å². The molecule has 4 heterocycles. The number of nitrogens with zero attached hydrogens (tertiary/aromatic N) is 5. The maximum absolute atomic E-state index is 12.9. The van der Waals surface area contributed by atoms with Crippen molar-refractivity contribution in [3.05, 3.63) is 63.5 Å². The van der Waals surface area contributed by atoms with E-state index in [1.165, 1.54) is 36.3 Å². The van der Waals surface area contributed by atoms with Crippen molar-refractivity contribution in [1.82, 2.24) is 24.1 Å². The Bertz CT molecular complexity index is 1600. The molecule has 10 nitrogen and oxygen atoms in total. The van der Waals surface area contributed by atoms with Crippen molar-refractivity contribution in [1.29, 1.82) is 0 Å². The van der Waals surface area contributed by atoms with Crippen LogP contribution in [0, 0.1) is 0 Å². The Kier molecular flexibility index (Phi) is 5.30. The molecule has 0 unspecified atom stereocenters. The van der Waals surface area contributed by atoms with E-state index in [-0.39, 0.29) is 33.5 Å². The van der Waals surface area contributed by atoms with Crippen molar-refractivity contribution in [3.8, 4) is 11.6 Å². The van der Waals surface area contributed by atoms with Gasteiger partial charge < -0.3 is 9.73 Å². The molecular weight excluding hydrogens is 464 g/mol. The van der Waals surface area contributed by atoms with Gasteiger partial charge in [-0.3, -0.25) is 18.7 Å². The number of carbonyl (C=O) groups is 1. The molecule has 0 atom stereocenters. The molecule has 5 aromatic rings. The summed E-state index contributed by atoms with van der Waals surface area (Å²) in [7, 11) is 2.91. The lowest BCUT2D eigenvalue weighted by molar-refractivity contribution is -0.113. The summed E-state index contributed by atoms with van der Waals surface area (Å²) in [5, 5.41) is 3.71. The highest BCUT2D eigenvalue weighted by Gasteiger charge is 2.20. The molecule has 0 aliphatic heterocycles. The number of thioether (sulfide) groups is 1. The quantitative estimate of drug-likeness (QED) is 0.301. The summed E-state index contributed by atoms with van der Waals surface area (Å²) in [5.41, 5.74) is -0.0763. The molecule has 0 saturated heterocycles. The van der Waals surface area contributed by atoms with Crippen molar-refractivity contribution >= 4 is 55.4 Å². The van der Waals surface area contributed by atoms with Crippen molar-refractivity contribution in [2.45, 2.75) is 5.03 Å². The molecule has 1 aromatic carbocycles. The van der Waals surface area contributed by atoms with E-state index in [4.69, 9.17) is 4.42 Å². The number of fused-ring (bicyclic) bond motifs is 2. The van der Waals surface area contributed by atoms with Crippen LogP contribution in [0.4, 0.5) is 5.13 Å². The normalized spacial score (nSPS) is 11.3. The number of para-hydroxylation sites is 1. The van der Waals surface area contributed by atoms with Crippen LogP contribution in [-0.2, 0) is 18.9 Å². The first-order valence-electron chi connectivity index (χ1n) is 9.72. The number of rotatable bonds is 5. The van der Waals surface area contributed by atoms with E-state index in [0.717, 1.165) is 26.5 Å². The molecule has 12 heteroatoms. The number of carbonyl (C=O) groups excluding carboxylic acids is 1. The second-order valence-electron chi connectivity index (χ2n) is 7.06. The van der Waals surface area contributed by atoms with Crippen LogP contribution in [0.5, 0.6) is 0 Å². The fraction of sp³-hybridized carbons (Fsp3) is 0.143. The summed E-state index contributed by atoms with van der Waals surface area (Å²) in [6.45, 7) is 0. The first-order valence-corrected chi connectivity index (χ1v) is 11.5. The van der Waals surface area contributed by atoms with Gasteiger partial charge >= 0.3 is 5.69 Å². The lowest BCUT2D eigenvalue weighted by Crippen LogP contribution is -2.37. The van der Waals surface area contributed by atoms with Gasteiger partial charge in [0.1, 0.15) is 10.4 Å². The van der Waals surface area contributed by atoms with Gasteiger partial charge in [0.05, 0.1) is 22.2 Å². The zero-order chi connectivity index (χ0) is 23.1. The van der Waals surface area contributed by atoms with Crippen molar-refractivity contribution in [2.75, 3.05) is 11.1 Å². The van der Waals surface area contributed by atoms with Gasteiger partial charge in [-0.25, -0.2) is 19.7 Å². The number of furan rings is 1. The van der Waals surface area contributed by atoms with Gasteiger partial charge in [0.2, 0.25) is 5.91 Å². The summed E-state index contributed by atoms with van der Waals surface area (Å²) >= 11 is 2.45. The monoisotopic (exact) mass is 480 g/mol. The summed E-state index contributed by atoms with van der Waals surface area (Å²) in [6.07, 6.45) is 1.48. The number of aromatic nitrogens is 5. The predicted molar refractivity (Wildman–Crippen MR) is 127 cm³/mol. The number of hydrogen-bond donors (Lipinski definition) is 1. The number of aryl methyl sites for hydroxylation is 1. The zero-order valence-corrected chi connectivity index (χ0v) is 19.1. The molecule has 0 aliphatic carbocycles. The van der Waals surface area contributed by atoms with E-state index in [1.54, 1.807) is 12.1 Å². The van der Waals surface area contributed by atoms with Gasteiger partial charge in [-0.05, 0) is 24.3 Å². The summed E-state index contributed by atoms with van der Waals surface area (Å²) in [6, 6.07) is 11.0. The van der Waals surface area contributed by atoms with Gasteiger partial charge in [-0.2, -0.15) is 0 Å². The van der Waals surface area contributed by atoms with E-state index in [0.29, 0.717) is 10.9 Å². The van der Waals surface area contributed by atoms with Crippen LogP contribution in [0.2, 0.25) is 0 Å². The average Bonchev–Trinajstić information content (AvgIpc) is 3.49. The number of nitrogens with one attached hydrogen (secondary N) is 1. The Morgan fingerprint density at radius 1 is 1.09 bits per heavy atom. The molecule has 166 valence electrons. The Morgan fingerprint density at radius 3 is 2.67 bits per heavy atom. The Morgan fingerprint density at radius 2 is 1.91 bits per heavy atom. The number of anilines is 1. The van der Waals surface area contributed by atoms with Gasteiger partial charge in [-0.1, -0.05) is 35.2 Å². The van der Waals surface area contributed by atoms with Gasteiger partial charge in [0, 0.05) is 14.1 Å². The Balaban J connectivity index is 1.50. The Labute approximate surface area is 193 Å². The van der Waals surface area contributed by atoms with Gasteiger partial charge in [0.25, 0.3) is 5.56 Å². The molecule has 0 aliphatic rings. The summed E-state index contributed by atoms with van der Waals surface area (Å²) in [4.78, 5) is 51.2. The molecule has 0 spiro atoms. The minimum atomic E-state index is -0.534. The lowest BCUT2D eigenvalue weighted by atomic mass is 10.3. The summed E-state index contributed by atoms with van der Waals surface area (Å²) < 4.78 is 8.62. The fourth-order valence-corrected chi connectivity index (χ4v) is 4.96. The smallest absolute Gasteiger partial charge is 0.332 e. The molecule has 0 fully saturated rings. The minimum Gasteiger partial charge on any atom is -0.461 e. The van der Waals surface area contributed by atoms with Crippen LogP contribution in [0.25, 0.3) is 32.8 Å². The third kappa shape index (κ3) is 3.83. The van der Waals surface area contributed by atoms with Crippen LogP contribution in [0.3, 0.4) is 0 Å². The standard InChI is InChI=1S/C21H16N6O4S2/c1-26-17-15(19(29)27(2)21(26)30)18(25-16(24-17)12-7-5-9-31-12)32-10-14(28)23-20-22-11-6-3-4-8-13(11)33-20/h3-9H,10H2,1-2H3,(H,22,23,28). The highest BCUT2D eigenvalue weighted by Crippen LogP contribution is 2.28.